The molecule has 0 spiro atoms. The van der Waals surface area contributed by atoms with Gasteiger partial charge in [0.25, 0.3) is 0 Å². The molecule has 3 aromatic rings. The molecule has 0 radical (unpaired) electrons. The van der Waals surface area contributed by atoms with Gasteiger partial charge in [-0.3, -0.25) is 0 Å². The molecule has 6 heteroatoms. The first-order valence-electron chi connectivity index (χ1n) is 9.03. The van der Waals surface area contributed by atoms with Crippen LogP contribution in [0.5, 0.6) is 5.75 Å². The molecule has 2 heterocycles. The van der Waals surface area contributed by atoms with Crippen LogP contribution in [0.15, 0.2) is 60.7 Å². The Bertz CT molecular complexity index is 933. The van der Waals surface area contributed by atoms with Crippen LogP contribution in [0.25, 0.3) is 5.70 Å². The summed E-state index contributed by atoms with van der Waals surface area (Å²) in [5.74, 6) is 2.26. The highest BCUT2D eigenvalue weighted by Crippen LogP contribution is 2.33. The highest BCUT2D eigenvalue weighted by Gasteiger charge is 2.25. The second kappa shape index (κ2) is 7.63. The molecule has 4 rings (SSSR count). The molecule has 1 aliphatic heterocycles. The number of nitrogens with zero attached hydrogens (tertiary/aromatic N) is 3. The van der Waals surface area contributed by atoms with E-state index in [1.807, 2.05) is 47.1 Å². The van der Waals surface area contributed by atoms with Crippen LogP contribution in [0, 0.1) is 0 Å². The van der Waals surface area contributed by atoms with Gasteiger partial charge in [-0.2, -0.15) is 10.1 Å². The van der Waals surface area contributed by atoms with E-state index in [9.17, 15) is 0 Å². The van der Waals surface area contributed by atoms with E-state index >= 15 is 0 Å². The summed E-state index contributed by atoms with van der Waals surface area (Å²) >= 11 is 0. The molecule has 0 amide bonds. The van der Waals surface area contributed by atoms with Gasteiger partial charge in [0.05, 0.1) is 7.11 Å². The molecule has 1 aromatic heterocycles. The van der Waals surface area contributed by atoms with Gasteiger partial charge in [-0.1, -0.05) is 42.5 Å². The SMILES string of the molecule is COc1ccc([C@@H]2C=C(c3ccccc3)Nc3nc(CCCO)nn32)cc1. The molecule has 0 aliphatic carbocycles. The van der Waals surface area contributed by atoms with Gasteiger partial charge in [0.2, 0.25) is 5.95 Å². The number of aliphatic hydroxyl groups is 1. The number of hydrogen-bond donors (Lipinski definition) is 2. The van der Waals surface area contributed by atoms with Gasteiger partial charge in [0.15, 0.2) is 5.82 Å². The van der Waals surface area contributed by atoms with Gasteiger partial charge in [-0.05, 0) is 35.8 Å². The number of benzene rings is 2. The van der Waals surface area contributed by atoms with Crippen molar-refractivity contribution < 1.29 is 9.84 Å². The normalized spacial score (nSPS) is 15.6. The van der Waals surface area contributed by atoms with E-state index in [1.54, 1.807) is 7.11 Å². The number of methoxy groups -OCH3 is 1. The van der Waals surface area contributed by atoms with Gasteiger partial charge in [-0.15, -0.1) is 0 Å². The minimum absolute atomic E-state index is 0.0715. The number of nitrogens with one attached hydrogen (secondary N) is 1. The van der Waals surface area contributed by atoms with Crippen molar-refractivity contribution in [2.45, 2.75) is 18.9 Å². The third-order valence-corrected chi connectivity index (χ3v) is 4.61. The van der Waals surface area contributed by atoms with Crippen molar-refractivity contribution in [2.75, 3.05) is 19.0 Å². The number of rotatable bonds is 6. The lowest BCUT2D eigenvalue weighted by Crippen LogP contribution is -2.20. The quantitative estimate of drug-likeness (QED) is 0.704. The van der Waals surface area contributed by atoms with Crippen molar-refractivity contribution in [3.05, 3.63) is 77.6 Å². The Balaban J connectivity index is 1.75. The summed E-state index contributed by atoms with van der Waals surface area (Å²) in [6.45, 7) is 0.132. The minimum Gasteiger partial charge on any atom is -0.497 e. The standard InChI is InChI=1S/C21H22N4O2/c1-27-17-11-9-16(10-12-17)19-14-18(15-6-3-2-4-7-15)22-21-23-20(8-5-13-26)24-25(19)21/h2-4,6-7,9-12,14,19,26H,5,8,13H2,1H3,(H,22,23,24)/t19-/m0/s1. The predicted octanol–water partition coefficient (Wildman–Crippen LogP) is 3.27. The van der Waals surface area contributed by atoms with E-state index in [4.69, 9.17) is 9.84 Å². The average Bonchev–Trinajstić information content (AvgIpc) is 3.15. The molecule has 1 atom stereocenters. The zero-order chi connectivity index (χ0) is 18.6. The molecule has 27 heavy (non-hydrogen) atoms. The number of ether oxygens (including phenoxy) is 1. The summed E-state index contributed by atoms with van der Waals surface area (Å²) in [6.07, 6.45) is 3.46. The summed E-state index contributed by atoms with van der Waals surface area (Å²) in [5, 5.41) is 17.2. The molecule has 1 aliphatic rings. The zero-order valence-electron chi connectivity index (χ0n) is 15.2. The zero-order valence-corrected chi connectivity index (χ0v) is 15.2. The third-order valence-electron chi connectivity index (χ3n) is 4.61. The smallest absolute Gasteiger partial charge is 0.226 e. The number of anilines is 1. The van der Waals surface area contributed by atoms with Gasteiger partial charge in [-0.25, -0.2) is 4.68 Å². The number of hydrogen-bond acceptors (Lipinski definition) is 5. The number of fused-ring (bicyclic) bond motifs is 1. The fourth-order valence-electron chi connectivity index (χ4n) is 3.21. The number of aryl methyl sites for hydroxylation is 1. The fraction of sp³-hybridized carbons (Fsp3) is 0.238. The Morgan fingerprint density at radius 2 is 1.89 bits per heavy atom. The topological polar surface area (TPSA) is 72.2 Å². The molecule has 0 unspecified atom stereocenters. The molecular weight excluding hydrogens is 340 g/mol. The average molecular weight is 362 g/mol. The van der Waals surface area contributed by atoms with E-state index < -0.39 is 0 Å². The van der Waals surface area contributed by atoms with Crippen LogP contribution in [0.4, 0.5) is 5.95 Å². The van der Waals surface area contributed by atoms with Gasteiger partial charge in [0, 0.05) is 18.7 Å². The first-order valence-corrected chi connectivity index (χ1v) is 9.03. The minimum atomic E-state index is -0.0715. The van der Waals surface area contributed by atoms with Crippen LogP contribution < -0.4 is 10.1 Å². The van der Waals surface area contributed by atoms with Crippen molar-refractivity contribution in [2.24, 2.45) is 0 Å². The van der Waals surface area contributed by atoms with Crippen molar-refractivity contribution >= 4 is 11.6 Å². The number of aliphatic hydroxyl groups excluding tert-OH is 1. The lowest BCUT2D eigenvalue weighted by Gasteiger charge is -2.24. The largest absolute Gasteiger partial charge is 0.497 e. The molecular formula is C21H22N4O2. The first kappa shape index (κ1) is 17.3. The summed E-state index contributed by atoms with van der Waals surface area (Å²) in [6, 6.07) is 18.1. The summed E-state index contributed by atoms with van der Waals surface area (Å²) in [5.41, 5.74) is 3.21. The van der Waals surface area contributed by atoms with Crippen molar-refractivity contribution in [3.63, 3.8) is 0 Å². The van der Waals surface area contributed by atoms with Gasteiger partial charge in [0.1, 0.15) is 11.8 Å². The van der Waals surface area contributed by atoms with E-state index in [1.165, 1.54) is 0 Å². The third kappa shape index (κ3) is 3.57. The Kier molecular flexibility index (Phi) is 4.89. The van der Waals surface area contributed by atoms with Crippen LogP contribution in [0.2, 0.25) is 0 Å². The van der Waals surface area contributed by atoms with Crippen molar-refractivity contribution in [1.29, 1.82) is 0 Å². The second-order valence-electron chi connectivity index (χ2n) is 6.41. The monoisotopic (exact) mass is 362 g/mol. The van der Waals surface area contributed by atoms with Crippen LogP contribution in [-0.2, 0) is 6.42 Å². The molecule has 0 bridgehead atoms. The van der Waals surface area contributed by atoms with Crippen LogP contribution in [-0.4, -0.2) is 33.6 Å². The van der Waals surface area contributed by atoms with Crippen LogP contribution >= 0.6 is 0 Å². The molecule has 138 valence electrons. The Morgan fingerprint density at radius 1 is 1.11 bits per heavy atom. The molecule has 0 fully saturated rings. The van der Waals surface area contributed by atoms with Gasteiger partial charge >= 0.3 is 0 Å². The molecule has 0 saturated carbocycles. The lowest BCUT2D eigenvalue weighted by atomic mass is 10.0. The highest BCUT2D eigenvalue weighted by atomic mass is 16.5. The number of aromatic nitrogens is 3. The second-order valence-corrected chi connectivity index (χ2v) is 6.41. The van der Waals surface area contributed by atoms with Crippen molar-refractivity contribution in [3.8, 4) is 5.75 Å². The first-order chi connectivity index (χ1) is 13.3. The fourth-order valence-corrected chi connectivity index (χ4v) is 3.21. The van der Waals surface area contributed by atoms with E-state index in [2.05, 4.69) is 33.6 Å². The Labute approximate surface area is 158 Å². The predicted molar refractivity (Wildman–Crippen MR) is 105 cm³/mol. The summed E-state index contributed by atoms with van der Waals surface area (Å²) in [7, 11) is 1.66. The Morgan fingerprint density at radius 3 is 2.59 bits per heavy atom. The highest BCUT2D eigenvalue weighted by molar-refractivity contribution is 5.77. The molecule has 2 aromatic carbocycles. The lowest BCUT2D eigenvalue weighted by molar-refractivity contribution is 0.287. The molecule has 2 N–H and O–H groups in total. The maximum absolute atomic E-state index is 9.10. The maximum Gasteiger partial charge on any atom is 0.226 e. The molecule has 0 saturated heterocycles. The van der Waals surface area contributed by atoms with Crippen molar-refractivity contribution in [1.82, 2.24) is 14.8 Å². The number of allylic oxidation sites excluding steroid dienone is 1. The summed E-state index contributed by atoms with van der Waals surface area (Å²) in [4.78, 5) is 4.64. The van der Waals surface area contributed by atoms with E-state index in [0.717, 1.165) is 28.4 Å². The Hall–Kier alpha value is -3.12. The molecule has 6 nitrogen and oxygen atoms in total. The van der Waals surface area contributed by atoms with E-state index in [0.29, 0.717) is 18.8 Å². The van der Waals surface area contributed by atoms with Gasteiger partial charge < -0.3 is 15.2 Å². The van der Waals surface area contributed by atoms with E-state index in [-0.39, 0.29) is 12.6 Å². The maximum atomic E-state index is 9.10. The van der Waals surface area contributed by atoms with Crippen LogP contribution in [0.1, 0.15) is 29.4 Å². The summed E-state index contributed by atoms with van der Waals surface area (Å²) < 4.78 is 7.18. The van der Waals surface area contributed by atoms with Crippen LogP contribution in [0.3, 0.4) is 0 Å².